The van der Waals surface area contributed by atoms with Gasteiger partial charge in [-0.1, -0.05) is 22.9 Å². The smallest absolute Gasteiger partial charge is 0.322 e. The average Bonchev–Trinajstić information content (AvgIpc) is 2.69. The average molecular weight is 444 g/mol. The van der Waals surface area contributed by atoms with E-state index in [1.807, 2.05) is 36.1 Å². The number of halogens is 1. The predicted octanol–water partition coefficient (Wildman–Crippen LogP) is 4.37. The summed E-state index contributed by atoms with van der Waals surface area (Å²) in [6, 6.07) is 7.56. The SMILES string of the molecule is Cc1nc2c(c(N3CCC(C)CC3)n1)CN(C(=O)Nc1ccc(Br)cc1)CC2. The molecule has 7 heteroatoms. The monoisotopic (exact) mass is 443 g/mol. The number of fused-ring (bicyclic) bond motifs is 1. The highest BCUT2D eigenvalue weighted by atomic mass is 79.9. The van der Waals surface area contributed by atoms with Crippen molar-refractivity contribution in [1.82, 2.24) is 14.9 Å². The zero-order valence-corrected chi connectivity index (χ0v) is 18.0. The molecule has 2 aromatic rings. The zero-order chi connectivity index (χ0) is 19.7. The molecule has 3 heterocycles. The van der Waals surface area contributed by atoms with Crippen molar-refractivity contribution in [3.63, 3.8) is 0 Å². The molecule has 0 unspecified atom stereocenters. The molecule has 0 saturated carbocycles. The summed E-state index contributed by atoms with van der Waals surface area (Å²) in [6.45, 7) is 7.54. The van der Waals surface area contributed by atoms with Crippen molar-refractivity contribution >= 4 is 33.5 Å². The molecule has 28 heavy (non-hydrogen) atoms. The van der Waals surface area contributed by atoms with Crippen molar-refractivity contribution in [3.8, 4) is 0 Å². The van der Waals surface area contributed by atoms with Crippen molar-refractivity contribution in [2.75, 3.05) is 29.9 Å². The van der Waals surface area contributed by atoms with Gasteiger partial charge in [-0.3, -0.25) is 0 Å². The second-order valence-corrected chi connectivity index (χ2v) is 8.71. The Balaban J connectivity index is 1.53. The maximum Gasteiger partial charge on any atom is 0.322 e. The second kappa shape index (κ2) is 8.07. The van der Waals surface area contributed by atoms with E-state index in [0.717, 1.165) is 58.5 Å². The van der Waals surface area contributed by atoms with Gasteiger partial charge >= 0.3 is 6.03 Å². The number of nitrogens with zero attached hydrogens (tertiary/aromatic N) is 4. The molecule has 0 atom stereocenters. The maximum atomic E-state index is 12.8. The van der Waals surface area contributed by atoms with Gasteiger partial charge in [0.1, 0.15) is 11.6 Å². The minimum Gasteiger partial charge on any atom is -0.356 e. The Morgan fingerprint density at radius 3 is 2.57 bits per heavy atom. The van der Waals surface area contributed by atoms with Crippen molar-refractivity contribution < 1.29 is 4.79 Å². The standard InChI is InChI=1S/C21H26BrN5O/c1-14-7-10-26(11-8-14)20-18-13-27(12-9-19(18)23-15(2)24-20)21(28)25-17-5-3-16(22)4-6-17/h3-6,14H,7-13H2,1-2H3,(H,25,28). The summed E-state index contributed by atoms with van der Waals surface area (Å²) < 4.78 is 0.991. The van der Waals surface area contributed by atoms with Crippen LogP contribution in [0.15, 0.2) is 28.7 Å². The van der Waals surface area contributed by atoms with Gasteiger partial charge in [-0.05, 0) is 49.9 Å². The van der Waals surface area contributed by atoms with Crippen LogP contribution >= 0.6 is 15.9 Å². The molecule has 4 rings (SSSR count). The lowest BCUT2D eigenvalue weighted by Crippen LogP contribution is -2.41. The van der Waals surface area contributed by atoms with Crippen LogP contribution in [0.3, 0.4) is 0 Å². The van der Waals surface area contributed by atoms with Crippen LogP contribution in [0.2, 0.25) is 0 Å². The molecule has 6 nitrogen and oxygen atoms in total. The van der Waals surface area contributed by atoms with Gasteiger partial charge in [-0.2, -0.15) is 0 Å². The number of rotatable bonds is 2. The van der Waals surface area contributed by atoms with E-state index in [1.165, 1.54) is 12.8 Å². The van der Waals surface area contributed by atoms with Crippen LogP contribution in [0.1, 0.15) is 36.8 Å². The van der Waals surface area contributed by atoms with Crippen molar-refractivity contribution in [3.05, 3.63) is 45.8 Å². The van der Waals surface area contributed by atoms with Crippen LogP contribution in [-0.2, 0) is 13.0 Å². The Kier molecular flexibility index (Phi) is 5.53. The summed E-state index contributed by atoms with van der Waals surface area (Å²) >= 11 is 3.42. The highest BCUT2D eigenvalue weighted by molar-refractivity contribution is 9.10. The summed E-state index contributed by atoms with van der Waals surface area (Å²) in [5.74, 6) is 2.61. The highest BCUT2D eigenvalue weighted by Gasteiger charge is 2.28. The number of aromatic nitrogens is 2. The van der Waals surface area contributed by atoms with Gasteiger partial charge in [-0.15, -0.1) is 0 Å². The number of piperidine rings is 1. The molecule has 0 radical (unpaired) electrons. The maximum absolute atomic E-state index is 12.8. The Labute approximate surface area is 174 Å². The quantitative estimate of drug-likeness (QED) is 0.747. The molecule has 1 aromatic carbocycles. The molecule has 2 aliphatic rings. The molecule has 1 saturated heterocycles. The van der Waals surface area contributed by atoms with Crippen LogP contribution in [-0.4, -0.2) is 40.5 Å². The summed E-state index contributed by atoms with van der Waals surface area (Å²) in [7, 11) is 0. The van der Waals surface area contributed by atoms with Gasteiger partial charge in [0.25, 0.3) is 0 Å². The first kappa shape index (κ1) is 19.2. The number of nitrogens with one attached hydrogen (secondary N) is 1. The van der Waals surface area contributed by atoms with Gasteiger partial charge in [0, 0.05) is 41.8 Å². The number of urea groups is 1. The molecular formula is C21H26BrN5O. The summed E-state index contributed by atoms with van der Waals surface area (Å²) in [6.07, 6.45) is 3.14. The van der Waals surface area contributed by atoms with Crippen LogP contribution in [0, 0.1) is 12.8 Å². The normalized spacial score (nSPS) is 17.4. The fraction of sp³-hybridized carbons (Fsp3) is 0.476. The molecule has 1 fully saturated rings. The molecule has 0 aliphatic carbocycles. The number of hydrogen-bond donors (Lipinski definition) is 1. The molecule has 2 aliphatic heterocycles. The van der Waals surface area contributed by atoms with Gasteiger partial charge in [0.05, 0.1) is 12.2 Å². The van der Waals surface area contributed by atoms with Crippen LogP contribution in [0.4, 0.5) is 16.3 Å². The largest absolute Gasteiger partial charge is 0.356 e. The van der Waals surface area contributed by atoms with E-state index < -0.39 is 0 Å². The van der Waals surface area contributed by atoms with Gasteiger partial charge in [0.15, 0.2) is 0 Å². The lowest BCUT2D eigenvalue weighted by molar-refractivity contribution is 0.206. The van der Waals surface area contributed by atoms with Gasteiger partial charge < -0.3 is 15.1 Å². The Morgan fingerprint density at radius 1 is 1.14 bits per heavy atom. The van der Waals surface area contributed by atoms with Crippen molar-refractivity contribution in [1.29, 1.82) is 0 Å². The van der Waals surface area contributed by atoms with Crippen molar-refractivity contribution in [2.45, 2.75) is 39.7 Å². The fourth-order valence-corrected chi connectivity index (χ4v) is 4.17. The molecule has 1 N–H and O–H groups in total. The molecule has 2 amide bonds. The van der Waals surface area contributed by atoms with E-state index in [1.54, 1.807) is 0 Å². The summed E-state index contributed by atoms with van der Waals surface area (Å²) in [5, 5.41) is 3.00. The zero-order valence-electron chi connectivity index (χ0n) is 16.4. The van der Waals surface area contributed by atoms with E-state index >= 15 is 0 Å². The van der Waals surface area contributed by atoms with Gasteiger partial charge in [0.2, 0.25) is 0 Å². The van der Waals surface area contributed by atoms with E-state index in [2.05, 4.69) is 38.1 Å². The third kappa shape index (κ3) is 4.14. The topological polar surface area (TPSA) is 61.4 Å². The molecule has 148 valence electrons. The summed E-state index contributed by atoms with van der Waals surface area (Å²) in [5.41, 5.74) is 3.00. The number of anilines is 2. The Hall–Kier alpha value is -2.15. The lowest BCUT2D eigenvalue weighted by atomic mass is 9.98. The molecule has 1 aromatic heterocycles. The molecular weight excluding hydrogens is 418 g/mol. The number of hydrogen-bond acceptors (Lipinski definition) is 4. The highest BCUT2D eigenvalue weighted by Crippen LogP contribution is 2.30. The van der Waals surface area contributed by atoms with Gasteiger partial charge in [-0.25, -0.2) is 14.8 Å². The Bertz CT molecular complexity index is 862. The lowest BCUT2D eigenvalue weighted by Gasteiger charge is -2.36. The number of aryl methyl sites for hydroxylation is 1. The Morgan fingerprint density at radius 2 is 1.86 bits per heavy atom. The summed E-state index contributed by atoms with van der Waals surface area (Å²) in [4.78, 5) is 26.5. The first-order valence-corrected chi connectivity index (χ1v) is 10.7. The number of carbonyl (C=O) groups excluding carboxylic acids is 1. The van der Waals surface area contributed by atoms with Crippen LogP contribution in [0.25, 0.3) is 0 Å². The third-order valence-corrected chi connectivity index (χ3v) is 6.14. The van der Waals surface area contributed by atoms with E-state index in [-0.39, 0.29) is 6.03 Å². The minimum absolute atomic E-state index is 0.0771. The predicted molar refractivity (Wildman–Crippen MR) is 115 cm³/mol. The second-order valence-electron chi connectivity index (χ2n) is 7.80. The van der Waals surface area contributed by atoms with E-state index in [0.29, 0.717) is 13.1 Å². The van der Waals surface area contributed by atoms with Crippen LogP contribution < -0.4 is 10.2 Å². The molecule has 0 spiro atoms. The van der Waals surface area contributed by atoms with E-state index in [4.69, 9.17) is 4.98 Å². The first-order valence-electron chi connectivity index (χ1n) is 9.92. The number of amides is 2. The first-order chi connectivity index (χ1) is 13.5. The van der Waals surface area contributed by atoms with Crippen molar-refractivity contribution in [2.24, 2.45) is 5.92 Å². The third-order valence-electron chi connectivity index (χ3n) is 5.62. The molecule has 0 bridgehead atoms. The van der Waals surface area contributed by atoms with E-state index in [9.17, 15) is 4.79 Å². The fourth-order valence-electron chi connectivity index (χ4n) is 3.91. The minimum atomic E-state index is -0.0771. The number of benzene rings is 1. The van der Waals surface area contributed by atoms with Crippen LogP contribution in [0.5, 0.6) is 0 Å². The number of carbonyl (C=O) groups is 1.